The van der Waals surface area contributed by atoms with E-state index in [1.54, 1.807) is 39.0 Å². The number of alkyl carbamates (subject to hydrolysis) is 1. The van der Waals surface area contributed by atoms with Crippen molar-refractivity contribution in [2.24, 2.45) is 0 Å². The van der Waals surface area contributed by atoms with Crippen LogP contribution in [0.5, 0.6) is 0 Å². The van der Waals surface area contributed by atoms with Crippen LogP contribution in [0.4, 0.5) is 10.5 Å². The molecule has 0 aliphatic carbocycles. The minimum atomic E-state index is -0.622. The first-order chi connectivity index (χ1) is 12.2. The SMILES string of the molecule is C=CC[C@H](NC(=O)OC(C)(C)C)c1ccnc(-c2[nH]ncc2[N+](=O)[O-])c1. The summed E-state index contributed by atoms with van der Waals surface area (Å²) >= 11 is 0. The van der Waals surface area contributed by atoms with Crippen LogP contribution in [0.15, 0.2) is 37.2 Å². The van der Waals surface area contributed by atoms with Crippen molar-refractivity contribution in [3.8, 4) is 11.4 Å². The highest BCUT2D eigenvalue weighted by Crippen LogP contribution is 2.28. The normalized spacial score (nSPS) is 12.3. The Morgan fingerprint density at radius 2 is 2.27 bits per heavy atom. The number of hydrogen-bond acceptors (Lipinski definition) is 6. The molecule has 2 N–H and O–H groups in total. The van der Waals surface area contributed by atoms with Gasteiger partial charge >= 0.3 is 11.8 Å². The summed E-state index contributed by atoms with van der Waals surface area (Å²) in [5.74, 6) is 0. The molecule has 9 nitrogen and oxygen atoms in total. The third kappa shape index (κ3) is 4.88. The van der Waals surface area contributed by atoms with Gasteiger partial charge in [0, 0.05) is 6.20 Å². The van der Waals surface area contributed by atoms with Gasteiger partial charge in [-0.3, -0.25) is 20.2 Å². The molecule has 9 heteroatoms. The zero-order chi connectivity index (χ0) is 19.3. The number of ether oxygens (including phenoxy) is 1. The van der Waals surface area contributed by atoms with E-state index in [1.165, 1.54) is 6.20 Å². The maximum absolute atomic E-state index is 12.1. The Labute approximate surface area is 150 Å². The van der Waals surface area contributed by atoms with E-state index >= 15 is 0 Å². The van der Waals surface area contributed by atoms with Gasteiger partial charge in [0.05, 0.1) is 16.7 Å². The third-order valence-corrected chi connectivity index (χ3v) is 3.35. The van der Waals surface area contributed by atoms with Crippen LogP contribution in [-0.2, 0) is 4.74 Å². The monoisotopic (exact) mass is 359 g/mol. The summed E-state index contributed by atoms with van der Waals surface area (Å²) in [7, 11) is 0. The number of H-pyrrole nitrogens is 1. The molecule has 138 valence electrons. The summed E-state index contributed by atoms with van der Waals surface area (Å²) < 4.78 is 5.28. The second-order valence-electron chi connectivity index (χ2n) is 6.58. The predicted molar refractivity (Wildman–Crippen MR) is 95.4 cm³/mol. The van der Waals surface area contributed by atoms with E-state index in [1.807, 2.05) is 0 Å². The second kappa shape index (κ2) is 7.77. The van der Waals surface area contributed by atoms with Crippen LogP contribution in [0.1, 0.15) is 38.8 Å². The zero-order valence-electron chi connectivity index (χ0n) is 14.9. The Bertz CT molecular complexity index is 809. The summed E-state index contributed by atoms with van der Waals surface area (Å²) in [6.07, 6.45) is 4.20. The van der Waals surface area contributed by atoms with Crippen LogP contribution >= 0.6 is 0 Å². The van der Waals surface area contributed by atoms with Crippen molar-refractivity contribution in [2.75, 3.05) is 0 Å². The number of amides is 1. The second-order valence-corrected chi connectivity index (χ2v) is 6.58. The van der Waals surface area contributed by atoms with E-state index in [9.17, 15) is 14.9 Å². The zero-order valence-corrected chi connectivity index (χ0v) is 14.9. The molecule has 0 spiro atoms. The molecule has 0 aliphatic heterocycles. The Kier molecular flexibility index (Phi) is 5.71. The molecule has 0 unspecified atom stereocenters. The average Bonchev–Trinajstić information content (AvgIpc) is 3.03. The van der Waals surface area contributed by atoms with E-state index in [0.717, 1.165) is 6.20 Å². The topological polar surface area (TPSA) is 123 Å². The lowest BCUT2D eigenvalue weighted by Gasteiger charge is -2.23. The van der Waals surface area contributed by atoms with E-state index in [-0.39, 0.29) is 11.4 Å². The van der Waals surface area contributed by atoms with Crippen LogP contribution in [-0.4, -0.2) is 31.8 Å². The smallest absolute Gasteiger partial charge is 0.408 e. The Morgan fingerprint density at radius 1 is 1.54 bits per heavy atom. The minimum absolute atomic E-state index is 0.171. The number of hydrogen-bond donors (Lipinski definition) is 2. The predicted octanol–water partition coefficient (Wildman–Crippen LogP) is 3.52. The standard InChI is InChI=1S/C17H21N5O4/c1-5-6-12(20-16(23)26-17(2,3)4)11-7-8-18-13(9-11)15-14(22(24)25)10-19-21-15/h5,7-10,12H,1,6H2,2-4H3,(H,19,21)(H,20,23)/t12-/m0/s1. The fourth-order valence-electron chi connectivity index (χ4n) is 2.30. The van der Waals surface area contributed by atoms with Crippen LogP contribution in [0.3, 0.4) is 0 Å². The number of nitrogens with one attached hydrogen (secondary N) is 2. The van der Waals surface area contributed by atoms with Gasteiger partial charge in [-0.05, 0) is 44.9 Å². The summed E-state index contributed by atoms with van der Waals surface area (Å²) in [6.45, 7) is 9.03. The molecule has 2 aromatic heterocycles. The van der Waals surface area contributed by atoms with Gasteiger partial charge < -0.3 is 10.1 Å². The third-order valence-electron chi connectivity index (χ3n) is 3.35. The molecule has 2 aromatic rings. The number of nitro groups is 1. The van der Waals surface area contributed by atoms with Gasteiger partial charge in [0.25, 0.3) is 0 Å². The summed E-state index contributed by atoms with van der Waals surface area (Å²) in [5.41, 5.74) is 0.473. The maximum Gasteiger partial charge on any atom is 0.408 e. The van der Waals surface area contributed by atoms with Crippen molar-refractivity contribution in [2.45, 2.75) is 38.8 Å². The summed E-state index contributed by atoms with van der Waals surface area (Å²) in [4.78, 5) is 26.8. The van der Waals surface area contributed by atoms with Crippen LogP contribution in [0.2, 0.25) is 0 Å². The fraction of sp³-hybridized carbons (Fsp3) is 0.353. The summed E-state index contributed by atoms with van der Waals surface area (Å²) in [5, 5.41) is 20.2. The lowest BCUT2D eigenvalue weighted by Crippen LogP contribution is -2.34. The van der Waals surface area contributed by atoms with Crippen LogP contribution in [0.25, 0.3) is 11.4 Å². The van der Waals surface area contributed by atoms with E-state index in [4.69, 9.17) is 4.74 Å². The Morgan fingerprint density at radius 3 is 2.88 bits per heavy atom. The number of nitrogens with zero attached hydrogens (tertiary/aromatic N) is 3. The molecule has 0 fully saturated rings. The molecule has 0 radical (unpaired) electrons. The molecule has 26 heavy (non-hydrogen) atoms. The highest BCUT2D eigenvalue weighted by molar-refractivity contribution is 5.69. The van der Waals surface area contributed by atoms with Crippen molar-refractivity contribution < 1.29 is 14.5 Å². The first kappa shape index (κ1) is 19.1. The Hall–Kier alpha value is -3.23. The minimum Gasteiger partial charge on any atom is -0.444 e. The molecular formula is C17H21N5O4. The highest BCUT2D eigenvalue weighted by Gasteiger charge is 2.22. The highest BCUT2D eigenvalue weighted by atomic mass is 16.6. The Balaban J connectivity index is 2.30. The van der Waals surface area contributed by atoms with Crippen molar-refractivity contribution in [3.05, 3.63) is 52.9 Å². The van der Waals surface area contributed by atoms with Gasteiger partial charge in [0.1, 0.15) is 11.8 Å². The largest absolute Gasteiger partial charge is 0.444 e. The molecule has 0 aromatic carbocycles. The van der Waals surface area contributed by atoms with Crippen LogP contribution < -0.4 is 5.32 Å². The summed E-state index contributed by atoms with van der Waals surface area (Å²) in [6, 6.07) is 2.97. The number of carbonyl (C=O) groups excluding carboxylic acids is 1. The van der Waals surface area contributed by atoms with Crippen LogP contribution in [0, 0.1) is 10.1 Å². The van der Waals surface area contributed by atoms with Gasteiger partial charge in [-0.25, -0.2) is 4.79 Å². The molecule has 2 rings (SSSR count). The molecule has 0 bridgehead atoms. The molecule has 1 atom stereocenters. The molecule has 0 saturated carbocycles. The number of aromatic amines is 1. The lowest BCUT2D eigenvalue weighted by atomic mass is 10.0. The fourth-order valence-corrected chi connectivity index (χ4v) is 2.30. The average molecular weight is 359 g/mol. The maximum atomic E-state index is 12.1. The van der Waals surface area contributed by atoms with Crippen molar-refractivity contribution in [3.63, 3.8) is 0 Å². The number of aromatic nitrogens is 3. The number of rotatable bonds is 6. The molecule has 2 heterocycles. The molecule has 0 aliphatic rings. The van der Waals surface area contributed by atoms with Crippen molar-refractivity contribution in [1.82, 2.24) is 20.5 Å². The van der Waals surface area contributed by atoms with Crippen molar-refractivity contribution in [1.29, 1.82) is 0 Å². The van der Waals surface area contributed by atoms with E-state index in [2.05, 4.69) is 27.1 Å². The van der Waals surface area contributed by atoms with Crippen molar-refractivity contribution >= 4 is 11.8 Å². The van der Waals surface area contributed by atoms with Gasteiger partial charge in [0.15, 0.2) is 5.69 Å². The molecule has 1 amide bonds. The molecular weight excluding hydrogens is 338 g/mol. The first-order valence-corrected chi connectivity index (χ1v) is 7.95. The number of pyridine rings is 1. The van der Waals surface area contributed by atoms with Gasteiger partial charge in [0.2, 0.25) is 0 Å². The van der Waals surface area contributed by atoms with E-state index < -0.39 is 22.7 Å². The van der Waals surface area contributed by atoms with Gasteiger partial charge in [-0.2, -0.15) is 5.10 Å². The first-order valence-electron chi connectivity index (χ1n) is 7.95. The number of carbonyl (C=O) groups is 1. The lowest BCUT2D eigenvalue weighted by molar-refractivity contribution is -0.384. The van der Waals surface area contributed by atoms with Gasteiger partial charge in [-0.15, -0.1) is 6.58 Å². The molecule has 0 saturated heterocycles. The van der Waals surface area contributed by atoms with E-state index in [0.29, 0.717) is 17.7 Å². The van der Waals surface area contributed by atoms with Gasteiger partial charge in [-0.1, -0.05) is 6.08 Å². The quantitative estimate of drug-likeness (QED) is 0.462.